The van der Waals surface area contributed by atoms with Gasteiger partial charge in [0.25, 0.3) is 5.56 Å². The van der Waals surface area contributed by atoms with E-state index in [4.69, 9.17) is 0 Å². The molecule has 0 radical (unpaired) electrons. The van der Waals surface area contributed by atoms with Crippen LogP contribution in [0.1, 0.15) is 5.56 Å². The average molecular weight is 258 g/mol. The van der Waals surface area contributed by atoms with Gasteiger partial charge in [0.1, 0.15) is 5.69 Å². The Morgan fingerprint density at radius 1 is 1.26 bits per heavy atom. The van der Waals surface area contributed by atoms with Gasteiger partial charge in [0.15, 0.2) is 0 Å². The van der Waals surface area contributed by atoms with Crippen LogP contribution in [0.15, 0.2) is 35.3 Å². The van der Waals surface area contributed by atoms with E-state index in [-0.39, 0.29) is 5.56 Å². The first-order valence-electron chi connectivity index (χ1n) is 6.23. The minimum Gasteiger partial charge on any atom is -0.308 e. The smallest absolute Gasteiger partial charge is 0.269 e. The van der Waals surface area contributed by atoms with Crippen LogP contribution in [-0.4, -0.2) is 40.3 Å². The summed E-state index contributed by atoms with van der Waals surface area (Å²) in [6.45, 7) is 3.16. The van der Waals surface area contributed by atoms with Crippen LogP contribution < -0.4 is 5.56 Å². The Morgan fingerprint density at radius 3 is 2.68 bits per heavy atom. The summed E-state index contributed by atoms with van der Waals surface area (Å²) in [4.78, 5) is 18.3. The Kier molecular flexibility index (Phi) is 4.06. The van der Waals surface area contributed by atoms with Crippen LogP contribution in [-0.2, 0) is 6.54 Å². The van der Waals surface area contributed by atoms with E-state index in [0.29, 0.717) is 12.1 Å². The molecule has 100 valence electrons. The van der Waals surface area contributed by atoms with Gasteiger partial charge in [-0.2, -0.15) is 5.10 Å². The zero-order valence-corrected chi connectivity index (χ0v) is 11.5. The summed E-state index contributed by atoms with van der Waals surface area (Å²) in [5, 5.41) is 4.39. The van der Waals surface area contributed by atoms with E-state index in [0.717, 1.165) is 17.9 Å². The van der Waals surface area contributed by atoms with Crippen molar-refractivity contribution in [1.82, 2.24) is 19.7 Å². The van der Waals surface area contributed by atoms with Crippen LogP contribution in [0.5, 0.6) is 0 Å². The molecule has 0 N–H and O–H groups in total. The van der Waals surface area contributed by atoms with Crippen molar-refractivity contribution in [2.24, 2.45) is 0 Å². The lowest BCUT2D eigenvalue weighted by Gasteiger charge is -2.12. The number of hydrogen-bond donors (Lipinski definition) is 0. The first kappa shape index (κ1) is 13.4. The normalized spacial score (nSPS) is 10.9. The molecule has 0 aliphatic rings. The molecule has 0 atom stereocenters. The van der Waals surface area contributed by atoms with Crippen molar-refractivity contribution in [1.29, 1.82) is 0 Å². The van der Waals surface area contributed by atoms with E-state index in [1.807, 2.05) is 44.1 Å². The van der Waals surface area contributed by atoms with Gasteiger partial charge >= 0.3 is 0 Å². The predicted octanol–water partition coefficient (Wildman–Crippen LogP) is 1.18. The van der Waals surface area contributed by atoms with Crippen LogP contribution in [0.2, 0.25) is 0 Å². The fourth-order valence-corrected chi connectivity index (χ4v) is 1.76. The number of hydrogen-bond acceptors (Lipinski definition) is 4. The third-order valence-corrected chi connectivity index (χ3v) is 2.84. The van der Waals surface area contributed by atoms with Gasteiger partial charge in [-0.1, -0.05) is 6.07 Å². The summed E-state index contributed by atoms with van der Waals surface area (Å²) in [6.07, 6.45) is 1.72. The third kappa shape index (κ3) is 3.26. The van der Waals surface area contributed by atoms with Gasteiger partial charge < -0.3 is 4.90 Å². The van der Waals surface area contributed by atoms with Gasteiger partial charge in [-0.05, 0) is 39.2 Å². The summed E-state index contributed by atoms with van der Waals surface area (Å²) in [7, 11) is 3.95. The van der Waals surface area contributed by atoms with Gasteiger partial charge in [0, 0.05) is 18.3 Å². The lowest BCUT2D eigenvalue weighted by molar-refractivity contribution is 0.367. The van der Waals surface area contributed by atoms with Crippen molar-refractivity contribution in [2.75, 3.05) is 20.6 Å². The highest BCUT2D eigenvalue weighted by Crippen LogP contribution is 2.12. The zero-order chi connectivity index (χ0) is 13.8. The molecule has 0 amide bonds. The fraction of sp³-hybridized carbons (Fsp3) is 0.357. The van der Waals surface area contributed by atoms with Gasteiger partial charge in [-0.25, -0.2) is 4.68 Å². The summed E-state index contributed by atoms with van der Waals surface area (Å²) in [5.41, 5.74) is 2.16. The zero-order valence-electron chi connectivity index (χ0n) is 11.5. The number of likely N-dealkylation sites (N-methyl/N-ethyl adjacent to an activating group) is 1. The number of nitrogens with zero attached hydrogens (tertiary/aromatic N) is 4. The summed E-state index contributed by atoms with van der Waals surface area (Å²) < 4.78 is 1.51. The SMILES string of the molecule is Cc1cc(-c2ccccn2)nn(CCN(C)C)c1=O. The van der Waals surface area contributed by atoms with Crippen LogP contribution in [0.25, 0.3) is 11.4 Å². The van der Waals surface area contributed by atoms with Crippen molar-refractivity contribution in [3.05, 3.63) is 46.4 Å². The number of aromatic nitrogens is 3. The molecular weight excluding hydrogens is 240 g/mol. The second-order valence-electron chi connectivity index (χ2n) is 4.76. The van der Waals surface area contributed by atoms with Crippen molar-refractivity contribution in [3.63, 3.8) is 0 Å². The van der Waals surface area contributed by atoms with Crippen molar-refractivity contribution >= 4 is 0 Å². The lowest BCUT2D eigenvalue weighted by atomic mass is 10.2. The molecule has 5 heteroatoms. The molecule has 0 aliphatic carbocycles. The Labute approximate surface area is 112 Å². The Hall–Kier alpha value is -2.01. The first-order chi connectivity index (χ1) is 9.08. The lowest BCUT2D eigenvalue weighted by Crippen LogP contribution is -2.30. The molecule has 2 aromatic heterocycles. The van der Waals surface area contributed by atoms with Crippen LogP contribution >= 0.6 is 0 Å². The number of aryl methyl sites for hydroxylation is 1. The van der Waals surface area contributed by atoms with E-state index in [9.17, 15) is 4.79 Å². The second kappa shape index (κ2) is 5.75. The molecule has 2 aromatic rings. The maximum absolute atomic E-state index is 12.0. The Morgan fingerprint density at radius 2 is 2.05 bits per heavy atom. The largest absolute Gasteiger partial charge is 0.308 e. The molecule has 0 bridgehead atoms. The molecule has 0 aromatic carbocycles. The summed E-state index contributed by atoms with van der Waals surface area (Å²) >= 11 is 0. The highest BCUT2D eigenvalue weighted by molar-refractivity contribution is 5.53. The average Bonchev–Trinajstić information content (AvgIpc) is 2.41. The fourth-order valence-electron chi connectivity index (χ4n) is 1.76. The standard InChI is InChI=1S/C14H18N4O/c1-11-10-13(12-6-4-5-7-15-12)16-18(14(11)19)9-8-17(2)3/h4-7,10H,8-9H2,1-3H3. The quantitative estimate of drug-likeness (QED) is 0.826. The minimum absolute atomic E-state index is 0.0402. The molecule has 5 nitrogen and oxygen atoms in total. The molecule has 0 saturated heterocycles. The van der Waals surface area contributed by atoms with Crippen LogP contribution in [0.3, 0.4) is 0 Å². The third-order valence-electron chi connectivity index (χ3n) is 2.84. The van der Waals surface area contributed by atoms with E-state index in [2.05, 4.69) is 10.1 Å². The minimum atomic E-state index is -0.0402. The van der Waals surface area contributed by atoms with E-state index >= 15 is 0 Å². The Balaban J connectivity index is 2.39. The van der Waals surface area contributed by atoms with Gasteiger partial charge in [0.2, 0.25) is 0 Å². The molecule has 0 fully saturated rings. The van der Waals surface area contributed by atoms with E-state index in [1.54, 1.807) is 12.3 Å². The van der Waals surface area contributed by atoms with E-state index < -0.39 is 0 Å². The van der Waals surface area contributed by atoms with E-state index in [1.165, 1.54) is 4.68 Å². The van der Waals surface area contributed by atoms with Gasteiger partial charge in [-0.15, -0.1) is 0 Å². The second-order valence-corrected chi connectivity index (χ2v) is 4.76. The molecular formula is C14H18N4O. The number of rotatable bonds is 4. The highest BCUT2D eigenvalue weighted by Gasteiger charge is 2.07. The van der Waals surface area contributed by atoms with Crippen LogP contribution in [0.4, 0.5) is 0 Å². The first-order valence-corrected chi connectivity index (χ1v) is 6.23. The molecule has 0 spiro atoms. The molecule has 0 unspecified atom stereocenters. The molecule has 19 heavy (non-hydrogen) atoms. The van der Waals surface area contributed by atoms with Gasteiger partial charge in [-0.3, -0.25) is 9.78 Å². The summed E-state index contributed by atoms with van der Waals surface area (Å²) in [5.74, 6) is 0. The monoisotopic (exact) mass is 258 g/mol. The molecule has 0 saturated carbocycles. The molecule has 2 rings (SSSR count). The van der Waals surface area contributed by atoms with Crippen molar-refractivity contribution < 1.29 is 0 Å². The predicted molar refractivity (Wildman–Crippen MR) is 75.0 cm³/mol. The van der Waals surface area contributed by atoms with Crippen molar-refractivity contribution in [2.45, 2.75) is 13.5 Å². The van der Waals surface area contributed by atoms with Crippen molar-refractivity contribution in [3.8, 4) is 11.4 Å². The summed E-state index contributed by atoms with van der Waals surface area (Å²) in [6, 6.07) is 7.45. The highest BCUT2D eigenvalue weighted by atomic mass is 16.1. The number of pyridine rings is 1. The maximum atomic E-state index is 12.0. The van der Waals surface area contributed by atoms with Crippen LogP contribution in [0, 0.1) is 6.92 Å². The molecule has 2 heterocycles. The van der Waals surface area contributed by atoms with Gasteiger partial charge in [0.05, 0.1) is 12.2 Å². The maximum Gasteiger partial charge on any atom is 0.269 e. The molecule has 0 aliphatic heterocycles. The topological polar surface area (TPSA) is 51.0 Å². The Bertz CT molecular complexity index is 605.